The molecule has 0 aliphatic carbocycles. The van der Waals surface area contributed by atoms with Gasteiger partial charge in [-0.05, 0) is 31.5 Å². The third kappa shape index (κ3) is 3.49. The standard InChI is InChI=1S/C17H18N2O3/c1-11-6-7-12(2)14(9-11)16(20)19-15(17(21)22-3)13-5-4-8-18-10-13/h4-10,15H,1-3H3,(H,19,20)/t15-/m0/s1. The topological polar surface area (TPSA) is 68.3 Å². The Bertz CT molecular complexity index is 684. The monoisotopic (exact) mass is 298 g/mol. The van der Waals surface area contributed by atoms with Crippen LogP contribution in [-0.2, 0) is 9.53 Å². The maximum absolute atomic E-state index is 12.5. The van der Waals surface area contributed by atoms with Gasteiger partial charge in [0.05, 0.1) is 7.11 Å². The third-order valence-corrected chi connectivity index (χ3v) is 3.37. The number of aromatic nitrogens is 1. The summed E-state index contributed by atoms with van der Waals surface area (Å²) >= 11 is 0. The van der Waals surface area contributed by atoms with Gasteiger partial charge in [-0.1, -0.05) is 23.8 Å². The molecule has 1 aromatic carbocycles. The molecule has 0 aliphatic heterocycles. The minimum Gasteiger partial charge on any atom is -0.467 e. The summed E-state index contributed by atoms with van der Waals surface area (Å²) in [6.07, 6.45) is 3.13. The summed E-state index contributed by atoms with van der Waals surface area (Å²) in [6.45, 7) is 3.76. The molecule has 0 aliphatic rings. The predicted molar refractivity (Wildman–Crippen MR) is 82.4 cm³/mol. The predicted octanol–water partition coefficient (Wildman–Crippen LogP) is 2.34. The molecule has 1 heterocycles. The summed E-state index contributed by atoms with van der Waals surface area (Å²) in [5.41, 5.74) is 2.94. The van der Waals surface area contributed by atoms with Crippen LogP contribution in [0.2, 0.25) is 0 Å². The molecule has 22 heavy (non-hydrogen) atoms. The molecule has 0 fully saturated rings. The Hall–Kier alpha value is -2.69. The summed E-state index contributed by atoms with van der Waals surface area (Å²) in [4.78, 5) is 28.4. The highest BCUT2D eigenvalue weighted by Crippen LogP contribution is 2.16. The molecule has 1 atom stereocenters. The third-order valence-electron chi connectivity index (χ3n) is 3.37. The van der Waals surface area contributed by atoms with Crippen molar-refractivity contribution in [2.75, 3.05) is 7.11 Å². The van der Waals surface area contributed by atoms with E-state index in [1.165, 1.54) is 13.3 Å². The zero-order chi connectivity index (χ0) is 16.1. The van der Waals surface area contributed by atoms with Crippen molar-refractivity contribution in [1.82, 2.24) is 10.3 Å². The first-order valence-corrected chi connectivity index (χ1v) is 6.89. The van der Waals surface area contributed by atoms with E-state index in [0.29, 0.717) is 11.1 Å². The number of carbonyl (C=O) groups excluding carboxylic acids is 2. The largest absolute Gasteiger partial charge is 0.467 e. The highest BCUT2D eigenvalue weighted by molar-refractivity contribution is 5.98. The number of hydrogen-bond donors (Lipinski definition) is 1. The Kier molecular flexibility index (Phi) is 4.88. The second kappa shape index (κ2) is 6.85. The lowest BCUT2D eigenvalue weighted by Crippen LogP contribution is -2.35. The quantitative estimate of drug-likeness (QED) is 0.880. The number of pyridine rings is 1. The number of rotatable bonds is 4. The van der Waals surface area contributed by atoms with E-state index in [1.807, 2.05) is 26.0 Å². The van der Waals surface area contributed by atoms with Crippen LogP contribution >= 0.6 is 0 Å². The highest BCUT2D eigenvalue weighted by Gasteiger charge is 2.24. The molecular formula is C17H18N2O3. The number of amides is 1. The van der Waals surface area contributed by atoms with Crippen molar-refractivity contribution in [3.8, 4) is 0 Å². The Morgan fingerprint density at radius 3 is 2.64 bits per heavy atom. The van der Waals surface area contributed by atoms with Crippen molar-refractivity contribution >= 4 is 11.9 Å². The number of carbonyl (C=O) groups is 2. The van der Waals surface area contributed by atoms with Gasteiger partial charge in [0.2, 0.25) is 0 Å². The fourth-order valence-electron chi connectivity index (χ4n) is 2.13. The van der Waals surface area contributed by atoms with Crippen LogP contribution in [0.3, 0.4) is 0 Å². The summed E-state index contributed by atoms with van der Waals surface area (Å²) < 4.78 is 4.78. The minimum atomic E-state index is -0.883. The fraction of sp³-hybridized carbons (Fsp3) is 0.235. The molecule has 5 nitrogen and oxygen atoms in total. The molecule has 2 rings (SSSR count). The molecule has 1 amide bonds. The van der Waals surface area contributed by atoms with Crippen molar-refractivity contribution in [2.45, 2.75) is 19.9 Å². The van der Waals surface area contributed by atoms with Gasteiger partial charge in [0.15, 0.2) is 6.04 Å². The number of hydrogen-bond acceptors (Lipinski definition) is 4. The lowest BCUT2D eigenvalue weighted by Gasteiger charge is -2.17. The first-order chi connectivity index (χ1) is 10.5. The molecule has 0 saturated heterocycles. The average molecular weight is 298 g/mol. The van der Waals surface area contributed by atoms with E-state index < -0.39 is 12.0 Å². The normalized spacial score (nSPS) is 11.6. The van der Waals surface area contributed by atoms with Gasteiger partial charge in [0.25, 0.3) is 5.91 Å². The van der Waals surface area contributed by atoms with Gasteiger partial charge in [-0.15, -0.1) is 0 Å². The summed E-state index contributed by atoms with van der Waals surface area (Å²) in [5.74, 6) is -0.855. The smallest absolute Gasteiger partial charge is 0.333 e. The maximum Gasteiger partial charge on any atom is 0.333 e. The fourth-order valence-corrected chi connectivity index (χ4v) is 2.13. The Morgan fingerprint density at radius 2 is 2.00 bits per heavy atom. The van der Waals surface area contributed by atoms with E-state index in [2.05, 4.69) is 10.3 Å². The van der Waals surface area contributed by atoms with Crippen molar-refractivity contribution in [3.05, 3.63) is 65.0 Å². The van der Waals surface area contributed by atoms with Gasteiger partial charge in [-0.2, -0.15) is 0 Å². The number of methoxy groups -OCH3 is 1. The van der Waals surface area contributed by atoms with Gasteiger partial charge in [0, 0.05) is 23.5 Å². The lowest BCUT2D eigenvalue weighted by atomic mass is 10.0. The molecule has 0 spiro atoms. The SMILES string of the molecule is COC(=O)[C@@H](NC(=O)c1cc(C)ccc1C)c1cccnc1. The van der Waals surface area contributed by atoms with E-state index in [1.54, 1.807) is 24.4 Å². The Labute approximate surface area is 129 Å². The van der Waals surface area contributed by atoms with E-state index in [-0.39, 0.29) is 5.91 Å². The molecule has 0 bridgehead atoms. The first kappa shape index (κ1) is 15.7. The van der Waals surface area contributed by atoms with Crippen molar-refractivity contribution in [2.24, 2.45) is 0 Å². The Morgan fingerprint density at radius 1 is 1.23 bits per heavy atom. The molecule has 114 valence electrons. The molecule has 0 saturated carbocycles. The first-order valence-electron chi connectivity index (χ1n) is 6.89. The number of esters is 1. The van der Waals surface area contributed by atoms with Crippen LogP contribution < -0.4 is 5.32 Å². The minimum absolute atomic E-state index is 0.319. The number of nitrogens with one attached hydrogen (secondary N) is 1. The van der Waals surface area contributed by atoms with Crippen LogP contribution in [0.5, 0.6) is 0 Å². The number of ether oxygens (including phenoxy) is 1. The van der Waals surface area contributed by atoms with Crippen LogP contribution in [0, 0.1) is 13.8 Å². The van der Waals surface area contributed by atoms with Crippen LogP contribution in [0.4, 0.5) is 0 Å². The number of nitrogens with zero attached hydrogens (tertiary/aromatic N) is 1. The molecule has 5 heteroatoms. The highest BCUT2D eigenvalue weighted by atomic mass is 16.5. The second-order valence-corrected chi connectivity index (χ2v) is 5.03. The average Bonchev–Trinajstić information content (AvgIpc) is 2.54. The number of benzene rings is 1. The maximum atomic E-state index is 12.5. The lowest BCUT2D eigenvalue weighted by molar-refractivity contribution is -0.143. The van der Waals surface area contributed by atoms with Crippen molar-refractivity contribution < 1.29 is 14.3 Å². The molecule has 0 radical (unpaired) electrons. The van der Waals surface area contributed by atoms with Gasteiger partial charge in [-0.25, -0.2) is 4.79 Å². The van der Waals surface area contributed by atoms with Crippen molar-refractivity contribution in [3.63, 3.8) is 0 Å². The molecule has 2 aromatic rings. The summed E-state index contributed by atoms with van der Waals surface area (Å²) in [6, 6.07) is 8.15. The van der Waals surface area contributed by atoms with Crippen LogP contribution in [0.1, 0.15) is 33.1 Å². The second-order valence-electron chi connectivity index (χ2n) is 5.03. The zero-order valence-corrected chi connectivity index (χ0v) is 12.8. The zero-order valence-electron chi connectivity index (χ0n) is 12.8. The van der Waals surface area contributed by atoms with Gasteiger partial charge >= 0.3 is 5.97 Å². The van der Waals surface area contributed by atoms with Gasteiger partial charge in [0.1, 0.15) is 0 Å². The van der Waals surface area contributed by atoms with E-state index in [0.717, 1.165) is 11.1 Å². The van der Waals surface area contributed by atoms with E-state index >= 15 is 0 Å². The van der Waals surface area contributed by atoms with Gasteiger partial charge in [-0.3, -0.25) is 9.78 Å². The van der Waals surface area contributed by atoms with Crippen LogP contribution in [0.25, 0.3) is 0 Å². The molecule has 1 aromatic heterocycles. The van der Waals surface area contributed by atoms with E-state index in [4.69, 9.17) is 4.74 Å². The van der Waals surface area contributed by atoms with E-state index in [9.17, 15) is 9.59 Å². The van der Waals surface area contributed by atoms with Crippen molar-refractivity contribution in [1.29, 1.82) is 0 Å². The van der Waals surface area contributed by atoms with Crippen LogP contribution in [-0.4, -0.2) is 24.0 Å². The molecule has 1 N–H and O–H groups in total. The summed E-state index contributed by atoms with van der Waals surface area (Å²) in [7, 11) is 1.29. The van der Waals surface area contributed by atoms with Gasteiger partial charge < -0.3 is 10.1 Å². The number of aryl methyl sites for hydroxylation is 2. The molecular weight excluding hydrogens is 280 g/mol. The molecule has 0 unspecified atom stereocenters. The van der Waals surface area contributed by atoms with Crippen LogP contribution in [0.15, 0.2) is 42.7 Å². The summed E-state index contributed by atoms with van der Waals surface area (Å²) in [5, 5.41) is 2.71. The Balaban J connectivity index is 2.29.